The molecule has 1 saturated heterocycles. The number of piperidine rings is 1. The van der Waals surface area contributed by atoms with Gasteiger partial charge in [0.25, 0.3) is 0 Å². The van der Waals surface area contributed by atoms with Crippen molar-refractivity contribution in [1.82, 2.24) is 4.90 Å². The van der Waals surface area contributed by atoms with Crippen molar-refractivity contribution in [1.29, 1.82) is 0 Å². The monoisotopic (exact) mass is 338 g/mol. The fourth-order valence-electron chi connectivity index (χ4n) is 2.88. The van der Waals surface area contributed by atoms with Crippen molar-refractivity contribution in [3.05, 3.63) is 35.6 Å². The van der Waals surface area contributed by atoms with Crippen LogP contribution in [0.5, 0.6) is 0 Å². The van der Waals surface area contributed by atoms with Crippen LogP contribution in [0.4, 0.5) is 4.39 Å². The highest BCUT2D eigenvalue weighted by Gasteiger charge is 2.29. The van der Waals surface area contributed by atoms with Crippen LogP contribution in [0.1, 0.15) is 37.5 Å². The molecule has 0 saturated carbocycles. The predicted molar refractivity (Wildman–Crippen MR) is 90.4 cm³/mol. The van der Waals surface area contributed by atoms with Gasteiger partial charge in [0.1, 0.15) is 5.82 Å². The molecule has 2 rings (SSSR count). The smallest absolute Gasteiger partial charge is 0.235 e. The van der Waals surface area contributed by atoms with E-state index in [4.69, 9.17) is 5.73 Å². The summed E-state index contributed by atoms with van der Waals surface area (Å²) in [7, 11) is 0. The van der Waals surface area contributed by atoms with Crippen LogP contribution in [0.3, 0.4) is 0 Å². The number of carbonyl (C=O) groups excluding carboxylic acids is 2. The number of hydrogen-bond donors (Lipinski definition) is 1. The van der Waals surface area contributed by atoms with Crippen LogP contribution in [-0.4, -0.2) is 35.1 Å². The molecule has 1 aromatic carbocycles. The highest BCUT2D eigenvalue weighted by molar-refractivity contribution is 8.00. The molecule has 1 aliphatic heterocycles. The minimum absolute atomic E-state index is 0.0427. The average molecular weight is 338 g/mol. The molecule has 0 radical (unpaired) electrons. The van der Waals surface area contributed by atoms with Crippen LogP contribution in [0.15, 0.2) is 24.3 Å². The van der Waals surface area contributed by atoms with E-state index < -0.39 is 0 Å². The lowest BCUT2D eigenvalue weighted by molar-refractivity contribution is -0.134. The van der Waals surface area contributed by atoms with E-state index >= 15 is 0 Å². The van der Waals surface area contributed by atoms with Gasteiger partial charge in [0.05, 0.1) is 5.25 Å². The number of nitrogens with zero attached hydrogens (tertiary/aromatic N) is 1. The van der Waals surface area contributed by atoms with Crippen LogP contribution < -0.4 is 5.73 Å². The van der Waals surface area contributed by atoms with Gasteiger partial charge in [-0.25, -0.2) is 4.39 Å². The van der Waals surface area contributed by atoms with E-state index in [1.54, 1.807) is 23.1 Å². The first-order chi connectivity index (χ1) is 10.9. The Morgan fingerprint density at radius 2 is 1.87 bits per heavy atom. The Balaban J connectivity index is 1.90. The number of thioether (sulfide) groups is 1. The summed E-state index contributed by atoms with van der Waals surface area (Å²) in [6, 6.07) is 6.65. The van der Waals surface area contributed by atoms with Crippen LogP contribution in [0.2, 0.25) is 0 Å². The van der Waals surface area contributed by atoms with Gasteiger partial charge in [0.2, 0.25) is 11.8 Å². The first-order valence-electron chi connectivity index (χ1n) is 7.88. The van der Waals surface area contributed by atoms with Crippen molar-refractivity contribution in [2.45, 2.75) is 37.2 Å². The highest BCUT2D eigenvalue weighted by atomic mass is 32.2. The summed E-state index contributed by atoms with van der Waals surface area (Å²) >= 11 is 1.45. The van der Waals surface area contributed by atoms with Gasteiger partial charge < -0.3 is 10.6 Å². The van der Waals surface area contributed by atoms with Gasteiger partial charge in [0, 0.05) is 29.8 Å². The zero-order valence-electron chi connectivity index (χ0n) is 13.5. The standard InChI is InChI=1S/C17H23FN2O2S/c1-11(14-5-3-4-6-15(14)18)23-12(2)17(22)20-9-7-13(8-10-20)16(19)21/h3-6,11-13H,7-10H2,1-2H3,(H2,19,21)/t11-,12+/m1/s1. The van der Waals surface area contributed by atoms with Crippen LogP contribution >= 0.6 is 11.8 Å². The Labute approximate surface area is 140 Å². The number of benzene rings is 1. The van der Waals surface area contributed by atoms with E-state index in [-0.39, 0.29) is 34.0 Å². The molecule has 1 fully saturated rings. The lowest BCUT2D eigenvalue weighted by Gasteiger charge is -2.32. The second kappa shape index (κ2) is 7.81. The maximum absolute atomic E-state index is 13.8. The van der Waals surface area contributed by atoms with E-state index in [9.17, 15) is 14.0 Å². The van der Waals surface area contributed by atoms with Gasteiger partial charge in [-0.05, 0) is 32.8 Å². The molecule has 0 aromatic heterocycles. The Morgan fingerprint density at radius 3 is 2.43 bits per heavy atom. The maximum atomic E-state index is 13.8. The molecule has 2 atom stereocenters. The zero-order valence-corrected chi connectivity index (χ0v) is 14.3. The van der Waals surface area contributed by atoms with Gasteiger partial charge >= 0.3 is 0 Å². The number of likely N-dealkylation sites (tertiary alicyclic amines) is 1. The molecule has 0 unspecified atom stereocenters. The van der Waals surface area contributed by atoms with Crippen molar-refractivity contribution < 1.29 is 14.0 Å². The van der Waals surface area contributed by atoms with E-state index in [1.165, 1.54) is 17.8 Å². The summed E-state index contributed by atoms with van der Waals surface area (Å²) in [6.07, 6.45) is 1.25. The number of rotatable bonds is 5. The molecule has 1 aromatic rings. The summed E-state index contributed by atoms with van der Waals surface area (Å²) in [4.78, 5) is 25.5. The molecule has 126 valence electrons. The minimum Gasteiger partial charge on any atom is -0.369 e. The molecule has 2 amide bonds. The normalized spacial score (nSPS) is 18.5. The first kappa shape index (κ1) is 17.8. The fourth-order valence-corrected chi connectivity index (χ4v) is 4.10. The lowest BCUT2D eigenvalue weighted by Crippen LogP contribution is -2.44. The number of carbonyl (C=O) groups is 2. The molecule has 0 spiro atoms. The number of nitrogens with two attached hydrogens (primary N) is 1. The quantitative estimate of drug-likeness (QED) is 0.898. The molecule has 1 aliphatic rings. The van der Waals surface area contributed by atoms with Crippen LogP contribution in [0.25, 0.3) is 0 Å². The lowest BCUT2D eigenvalue weighted by atomic mass is 9.96. The fraction of sp³-hybridized carbons (Fsp3) is 0.529. The van der Waals surface area contributed by atoms with Crippen molar-refractivity contribution in [3.63, 3.8) is 0 Å². The first-order valence-corrected chi connectivity index (χ1v) is 8.82. The molecule has 6 heteroatoms. The Hall–Kier alpha value is -1.56. The van der Waals surface area contributed by atoms with Gasteiger partial charge in [-0.1, -0.05) is 18.2 Å². The molecule has 4 nitrogen and oxygen atoms in total. The maximum Gasteiger partial charge on any atom is 0.235 e. The van der Waals surface area contributed by atoms with Crippen molar-refractivity contribution >= 4 is 23.6 Å². The number of amides is 2. The highest BCUT2D eigenvalue weighted by Crippen LogP contribution is 2.34. The van der Waals surface area contributed by atoms with Crippen molar-refractivity contribution in [2.75, 3.05) is 13.1 Å². The van der Waals surface area contributed by atoms with E-state index in [2.05, 4.69) is 0 Å². The van der Waals surface area contributed by atoms with E-state index in [0.29, 0.717) is 31.5 Å². The third-order valence-corrected chi connectivity index (χ3v) is 5.58. The van der Waals surface area contributed by atoms with Gasteiger partial charge in [-0.3, -0.25) is 9.59 Å². The van der Waals surface area contributed by atoms with Gasteiger partial charge in [0.15, 0.2) is 0 Å². The molecule has 23 heavy (non-hydrogen) atoms. The second-order valence-electron chi connectivity index (χ2n) is 5.94. The number of halogens is 1. The summed E-state index contributed by atoms with van der Waals surface area (Å²) in [5.74, 6) is -0.609. The molecule has 2 N–H and O–H groups in total. The summed E-state index contributed by atoms with van der Waals surface area (Å²) in [5.41, 5.74) is 5.93. The SMILES string of the molecule is C[C@H](S[C@H](C)c1ccccc1F)C(=O)N1CCC(C(N)=O)CC1. The Kier molecular flexibility index (Phi) is 6.04. The Morgan fingerprint density at radius 1 is 1.26 bits per heavy atom. The summed E-state index contributed by atoms with van der Waals surface area (Å²) < 4.78 is 13.8. The predicted octanol–water partition coefficient (Wildman–Crippen LogP) is 2.73. The number of hydrogen-bond acceptors (Lipinski definition) is 3. The third-order valence-electron chi connectivity index (χ3n) is 4.31. The van der Waals surface area contributed by atoms with Gasteiger partial charge in [-0.15, -0.1) is 11.8 Å². The topological polar surface area (TPSA) is 63.4 Å². The van der Waals surface area contributed by atoms with E-state index in [0.717, 1.165) is 0 Å². The minimum atomic E-state index is -0.285. The second-order valence-corrected chi connectivity index (χ2v) is 7.63. The number of primary amides is 1. The summed E-state index contributed by atoms with van der Waals surface area (Å²) in [6.45, 7) is 4.88. The zero-order chi connectivity index (χ0) is 17.0. The summed E-state index contributed by atoms with van der Waals surface area (Å²) in [5, 5.41) is -0.354. The van der Waals surface area contributed by atoms with Crippen LogP contribution in [-0.2, 0) is 9.59 Å². The van der Waals surface area contributed by atoms with Crippen molar-refractivity contribution in [3.8, 4) is 0 Å². The third kappa shape index (κ3) is 4.47. The van der Waals surface area contributed by atoms with Crippen molar-refractivity contribution in [2.24, 2.45) is 11.7 Å². The molecule has 1 heterocycles. The molecule has 0 bridgehead atoms. The average Bonchev–Trinajstić information content (AvgIpc) is 2.54. The molecule has 0 aliphatic carbocycles. The van der Waals surface area contributed by atoms with Gasteiger partial charge in [-0.2, -0.15) is 0 Å². The Bertz CT molecular complexity index is 573. The van der Waals surface area contributed by atoms with E-state index in [1.807, 2.05) is 13.8 Å². The molecular formula is C17H23FN2O2S. The van der Waals surface area contributed by atoms with Crippen LogP contribution in [0, 0.1) is 11.7 Å². The largest absolute Gasteiger partial charge is 0.369 e. The molecular weight excluding hydrogens is 315 g/mol.